The summed E-state index contributed by atoms with van der Waals surface area (Å²) in [7, 11) is 0. The topological polar surface area (TPSA) is 95.0 Å². The highest BCUT2D eigenvalue weighted by Gasteiger charge is 2.38. The highest BCUT2D eigenvalue weighted by molar-refractivity contribution is 6.32. The van der Waals surface area contributed by atoms with Gasteiger partial charge in [0.25, 0.3) is 5.91 Å². The Morgan fingerprint density at radius 2 is 2.07 bits per heavy atom. The first-order valence-corrected chi connectivity index (χ1v) is 9.84. The van der Waals surface area contributed by atoms with Crippen molar-refractivity contribution in [1.29, 1.82) is 0 Å². The van der Waals surface area contributed by atoms with Crippen LogP contribution in [0.25, 0.3) is 0 Å². The number of ether oxygens (including phenoxy) is 1. The largest absolute Gasteiger partial charge is 0.465 e. The molecule has 28 heavy (non-hydrogen) atoms. The molecule has 3 rings (SSSR count). The number of nitrogens with zero attached hydrogens (tertiary/aromatic N) is 3. The molecule has 0 radical (unpaired) electrons. The molecule has 0 aromatic carbocycles. The van der Waals surface area contributed by atoms with Crippen LogP contribution in [0.4, 0.5) is 10.5 Å². The first kappa shape index (κ1) is 20.7. The summed E-state index contributed by atoms with van der Waals surface area (Å²) < 4.78 is 5.27. The van der Waals surface area contributed by atoms with Gasteiger partial charge in [-0.15, -0.1) is 0 Å². The SMILES string of the molecule is CC(C)(C)C1CN(c2ccc(C(=O)NC3CCOC3)nc2Cl)CCN1C(=O)O. The highest BCUT2D eigenvalue weighted by Crippen LogP contribution is 2.32. The molecule has 1 aromatic rings. The van der Waals surface area contributed by atoms with E-state index in [1.165, 1.54) is 4.90 Å². The van der Waals surface area contributed by atoms with Crippen molar-refractivity contribution in [2.45, 2.75) is 39.3 Å². The fourth-order valence-corrected chi connectivity index (χ4v) is 3.94. The van der Waals surface area contributed by atoms with Crippen LogP contribution < -0.4 is 10.2 Å². The minimum absolute atomic E-state index is 0.00407. The van der Waals surface area contributed by atoms with Crippen LogP contribution in [0.3, 0.4) is 0 Å². The molecule has 2 atom stereocenters. The molecule has 2 amide bonds. The number of aromatic nitrogens is 1. The molecule has 2 aliphatic rings. The van der Waals surface area contributed by atoms with Crippen LogP contribution in [0.2, 0.25) is 5.15 Å². The molecule has 2 saturated heterocycles. The van der Waals surface area contributed by atoms with Crippen LogP contribution in [0, 0.1) is 5.41 Å². The maximum atomic E-state index is 12.4. The summed E-state index contributed by atoms with van der Waals surface area (Å²) >= 11 is 6.40. The second kappa shape index (κ2) is 8.13. The minimum atomic E-state index is -0.910. The zero-order valence-corrected chi connectivity index (χ0v) is 17.2. The van der Waals surface area contributed by atoms with Gasteiger partial charge < -0.3 is 25.0 Å². The molecular weight excluding hydrogens is 384 g/mol. The standard InChI is InChI=1S/C19H27ClN4O4/c1-19(2,3)15-10-23(7-8-24(15)18(26)27)14-5-4-13(22-16(14)20)17(25)21-12-6-9-28-11-12/h4-5,12,15H,6-11H2,1-3H3,(H,21,25)(H,26,27). The Kier molecular flexibility index (Phi) is 6.00. The van der Waals surface area contributed by atoms with Crippen LogP contribution in [0.1, 0.15) is 37.7 Å². The molecule has 0 bridgehead atoms. The van der Waals surface area contributed by atoms with Crippen molar-refractivity contribution < 1.29 is 19.4 Å². The van der Waals surface area contributed by atoms with Gasteiger partial charge in [-0.3, -0.25) is 4.79 Å². The molecule has 0 aliphatic carbocycles. The van der Waals surface area contributed by atoms with E-state index in [2.05, 4.69) is 10.3 Å². The molecule has 154 valence electrons. The molecule has 8 nitrogen and oxygen atoms in total. The highest BCUT2D eigenvalue weighted by atomic mass is 35.5. The molecule has 2 unspecified atom stereocenters. The number of pyridine rings is 1. The number of anilines is 1. The smallest absolute Gasteiger partial charge is 0.407 e. The third-order valence-corrected chi connectivity index (χ3v) is 5.57. The van der Waals surface area contributed by atoms with Gasteiger partial charge in [0, 0.05) is 26.2 Å². The maximum Gasteiger partial charge on any atom is 0.407 e. The van der Waals surface area contributed by atoms with E-state index in [4.69, 9.17) is 16.3 Å². The van der Waals surface area contributed by atoms with E-state index in [1.807, 2.05) is 25.7 Å². The van der Waals surface area contributed by atoms with E-state index < -0.39 is 6.09 Å². The van der Waals surface area contributed by atoms with Crippen LogP contribution in [0.15, 0.2) is 12.1 Å². The fraction of sp³-hybridized carbons (Fsp3) is 0.632. The average molecular weight is 411 g/mol. The number of hydrogen-bond acceptors (Lipinski definition) is 5. The summed E-state index contributed by atoms with van der Waals surface area (Å²) in [6.45, 7) is 8.66. The number of nitrogens with one attached hydrogen (secondary N) is 1. The normalized spacial score (nSPS) is 23.0. The van der Waals surface area contributed by atoms with Gasteiger partial charge in [0.2, 0.25) is 0 Å². The Labute approximate surface area is 169 Å². The summed E-state index contributed by atoms with van der Waals surface area (Å²) in [4.78, 5) is 31.8. The molecule has 9 heteroatoms. The van der Waals surface area contributed by atoms with Crippen LogP contribution in [-0.2, 0) is 4.74 Å². The Bertz CT molecular complexity index is 746. The number of amides is 2. The lowest BCUT2D eigenvalue weighted by Gasteiger charge is -2.46. The van der Waals surface area contributed by atoms with Gasteiger partial charge in [-0.1, -0.05) is 32.4 Å². The van der Waals surface area contributed by atoms with Crippen molar-refractivity contribution >= 4 is 29.3 Å². The Hall–Kier alpha value is -2.06. The fourth-order valence-electron chi connectivity index (χ4n) is 3.67. The van der Waals surface area contributed by atoms with E-state index in [0.29, 0.717) is 38.5 Å². The third kappa shape index (κ3) is 4.50. The molecule has 2 fully saturated rings. The number of halogens is 1. The van der Waals surface area contributed by atoms with Crippen molar-refractivity contribution in [1.82, 2.24) is 15.2 Å². The summed E-state index contributed by atoms with van der Waals surface area (Å²) in [5.74, 6) is -0.271. The second-order valence-electron chi connectivity index (χ2n) is 8.34. The number of carbonyl (C=O) groups is 2. The van der Waals surface area contributed by atoms with Crippen molar-refractivity contribution in [3.63, 3.8) is 0 Å². The van der Waals surface area contributed by atoms with E-state index in [0.717, 1.165) is 6.42 Å². The predicted octanol–water partition coefficient (Wildman–Crippen LogP) is 2.47. The van der Waals surface area contributed by atoms with Crippen molar-refractivity contribution in [3.8, 4) is 0 Å². The minimum Gasteiger partial charge on any atom is -0.465 e. The summed E-state index contributed by atoms with van der Waals surface area (Å²) in [5.41, 5.74) is 0.749. The van der Waals surface area contributed by atoms with Crippen LogP contribution in [-0.4, -0.2) is 71.9 Å². The first-order valence-electron chi connectivity index (χ1n) is 9.46. The lowest BCUT2D eigenvalue weighted by Crippen LogP contribution is -2.59. The summed E-state index contributed by atoms with van der Waals surface area (Å²) in [5, 5.41) is 12.7. The van der Waals surface area contributed by atoms with E-state index in [-0.39, 0.29) is 34.3 Å². The van der Waals surface area contributed by atoms with Crippen molar-refractivity contribution in [3.05, 3.63) is 23.0 Å². The molecule has 2 N–H and O–H groups in total. The zero-order chi connectivity index (χ0) is 20.5. The van der Waals surface area contributed by atoms with Gasteiger partial charge >= 0.3 is 6.09 Å². The zero-order valence-electron chi connectivity index (χ0n) is 16.4. The van der Waals surface area contributed by atoms with E-state index in [9.17, 15) is 14.7 Å². The lowest BCUT2D eigenvalue weighted by atomic mass is 9.84. The van der Waals surface area contributed by atoms with Crippen molar-refractivity contribution in [2.75, 3.05) is 37.7 Å². The van der Waals surface area contributed by atoms with Gasteiger partial charge in [-0.25, -0.2) is 9.78 Å². The van der Waals surface area contributed by atoms with Gasteiger partial charge in [0.05, 0.1) is 24.4 Å². The summed E-state index contributed by atoms with van der Waals surface area (Å²) in [6, 6.07) is 3.26. The Morgan fingerprint density at radius 1 is 1.32 bits per heavy atom. The third-order valence-electron chi connectivity index (χ3n) is 5.29. The number of piperazine rings is 1. The van der Waals surface area contributed by atoms with Gasteiger partial charge in [-0.05, 0) is 24.0 Å². The van der Waals surface area contributed by atoms with Gasteiger partial charge in [0.1, 0.15) is 5.69 Å². The van der Waals surface area contributed by atoms with Gasteiger partial charge in [-0.2, -0.15) is 0 Å². The van der Waals surface area contributed by atoms with E-state index >= 15 is 0 Å². The number of hydrogen-bond donors (Lipinski definition) is 2. The molecule has 0 saturated carbocycles. The molecule has 0 spiro atoms. The molecule has 1 aromatic heterocycles. The molecular formula is C19H27ClN4O4. The van der Waals surface area contributed by atoms with Gasteiger partial charge in [0.15, 0.2) is 5.15 Å². The van der Waals surface area contributed by atoms with Crippen LogP contribution >= 0.6 is 11.6 Å². The maximum absolute atomic E-state index is 12.4. The number of carbonyl (C=O) groups excluding carboxylic acids is 1. The Balaban J connectivity index is 1.74. The molecule has 3 heterocycles. The second-order valence-corrected chi connectivity index (χ2v) is 8.70. The monoisotopic (exact) mass is 410 g/mol. The number of rotatable bonds is 3. The quantitative estimate of drug-likeness (QED) is 0.743. The predicted molar refractivity (Wildman–Crippen MR) is 106 cm³/mol. The Morgan fingerprint density at radius 3 is 2.64 bits per heavy atom. The number of carboxylic acid groups (broad SMARTS) is 1. The van der Waals surface area contributed by atoms with Crippen molar-refractivity contribution in [2.24, 2.45) is 5.41 Å². The molecule has 2 aliphatic heterocycles. The summed E-state index contributed by atoms with van der Waals surface area (Å²) in [6.07, 6.45) is -0.119. The first-order chi connectivity index (χ1) is 13.2. The average Bonchev–Trinajstić information content (AvgIpc) is 3.13. The van der Waals surface area contributed by atoms with Crippen LogP contribution in [0.5, 0.6) is 0 Å². The van der Waals surface area contributed by atoms with E-state index in [1.54, 1.807) is 12.1 Å². The lowest BCUT2D eigenvalue weighted by molar-refractivity contribution is 0.0748.